The summed E-state index contributed by atoms with van der Waals surface area (Å²) in [5.74, 6) is 1.50. The number of amides is 1. The van der Waals surface area contributed by atoms with Crippen LogP contribution in [0.1, 0.15) is 105 Å². The Kier molecular flexibility index (Phi) is 8.91. The fourth-order valence-corrected chi connectivity index (χ4v) is 8.73. The van der Waals surface area contributed by atoms with Gasteiger partial charge in [0.2, 0.25) is 5.91 Å². The zero-order valence-electron chi connectivity index (χ0n) is 23.9. The molecule has 1 aromatic carbocycles. The Labute approximate surface area is 233 Å². The molecule has 5 atom stereocenters. The number of nitrogens with zero attached hydrogens (tertiary/aromatic N) is 2. The largest absolute Gasteiger partial charge is 0.375 e. The van der Waals surface area contributed by atoms with E-state index in [2.05, 4.69) is 61.3 Å². The van der Waals surface area contributed by atoms with Crippen LogP contribution in [0, 0.1) is 11.8 Å². The van der Waals surface area contributed by atoms with Gasteiger partial charge in [0.05, 0.1) is 11.6 Å². The fourth-order valence-electron chi connectivity index (χ4n) is 7.39. The van der Waals surface area contributed by atoms with E-state index >= 15 is 0 Å². The number of hydrogen-bond acceptors (Lipinski definition) is 5. The molecule has 1 aromatic heterocycles. The molecule has 5 unspecified atom stereocenters. The molecule has 2 aromatic rings. The van der Waals surface area contributed by atoms with Crippen molar-refractivity contribution >= 4 is 17.2 Å². The van der Waals surface area contributed by atoms with E-state index in [0.717, 1.165) is 50.3 Å². The average molecular weight is 538 g/mol. The number of piperidine rings is 1. The highest BCUT2D eigenvalue weighted by Crippen LogP contribution is 2.45. The number of ether oxygens (including phenoxy) is 1. The summed E-state index contributed by atoms with van der Waals surface area (Å²) in [5, 5.41) is 4.67. The normalized spacial score (nSPS) is 29.5. The maximum atomic E-state index is 14.6. The molecule has 0 spiro atoms. The molecule has 1 amide bonds. The van der Waals surface area contributed by atoms with Gasteiger partial charge in [-0.25, -0.2) is 4.98 Å². The zero-order chi connectivity index (χ0) is 26.7. The van der Waals surface area contributed by atoms with E-state index < -0.39 is 0 Å². The summed E-state index contributed by atoms with van der Waals surface area (Å²) < 4.78 is 5.63. The maximum absolute atomic E-state index is 14.6. The molecule has 208 valence electrons. The van der Waals surface area contributed by atoms with E-state index in [4.69, 9.17) is 9.72 Å². The molecule has 2 saturated heterocycles. The number of carbonyl (C=O) groups is 1. The van der Waals surface area contributed by atoms with Crippen LogP contribution in [0.15, 0.2) is 30.3 Å². The van der Waals surface area contributed by atoms with Crippen molar-refractivity contribution in [3.8, 4) is 0 Å². The van der Waals surface area contributed by atoms with Crippen molar-refractivity contribution in [2.24, 2.45) is 11.8 Å². The number of thiazole rings is 1. The topological polar surface area (TPSA) is 54.5 Å². The van der Waals surface area contributed by atoms with Crippen LogP contribution in [-0.2, 0) is 21.4 Å². The van der Waals surface area contributed by atoms with Crippen LogP contribution in [0.25, 0.3) is 0 Å². The van der Waals surface area contributed by atoms with Crippen molar-refractivity contribution < 1.29 is 9.53 Å². The molecular formula is C32H47N3O2S. The van der Waals surface area contributed by atoms with Gasteiger partial charge in [-0.3, -0.25) is 4.79 Å². The predicted molar refractivity (Wildman–Crippen MR) is 156 cm³/mol. The summed E-state index contributed by atoms with van der Waals surface area (Å²) in [6.45, 7) is 9.06. The molecule has 6 heteroatoms. The first kappa shape index (κ1) is 27.8. The lowest BCUT2D eigenvalue weighted by molar-refractivity contribution is -0.142. The summed E-state index contributed by atoms with van der Waals surface area (Å²) in [6, 6.07) is 11.4. The second kappa shape index (κ2) is 12.2. The lowest BCUT2D eigenvalue weighted by Crippen LogP contribution is -2.54. The first-order valence-corrected chi connectivity index (χ1v) is 15.9. The Hall–Kier alpha value is -1.76. The average Bonchev–Trinajstić information content (AvgIpc) is 3.57. The van der Waals surface area contributed by atoms with E-state index in [9.17, 15) is 4.79 Å². The van der Waals surface area contributed by atoms with Gasteiger partial charge in [0.25, 0.3) is 0 Å². The van der Waals surface area contributed by atoms with Crippen molar-refractivity contribution in [3.63, 3.8) is 0 Å². The minimum Gasteiger partial charge on any atom is -0.375 e. The summed E-state index contributed by atoms with van der Waals surface area (Å²) in [4.78, 5) is 23.3. The van der Waals surface area contributed by atoms with Crippen LogP contribution in [-0.4, -0.2) is 48.6 Å². The maximum Gasteiger partial charge on any atom is 0.228 e. The number of aryl methyl sites for hydroxylation is 1. The first-order valence-electron chi connectivity index (χ1n) is 15.0. The Bertz CT molecular complexity index is 1070. The minimum atomic E-state index is -0.238. The van der Waals surface area contributed by atoms with Crippen molar-refractivity contribution in [2.75, 3.05) is 26.7 Å². The number of benzene rings is 1. The molecule has 5 rings (SSSR count). The number of rotatable bonds is 8. The van der Waals surface area contributed by atoms with Crippen LogP contribution in [0.4, 0.5) is 0 Å². The second-order valence-electron chi connectivity index (χ2n) is 12.2. The second-order valence-corrected chi connectivity index (χ2v) is 13.2. The van der Waals surface area contributed by atoms with Crippen LogP contribution in [0.3, 0.4) is 0 Å². The number of hydrogen-bond donors (Lipinski definition) is 1. The lowest BCUT2D eigenvalue weighted by atomic mass is 9.73. The Morgan fingerprint density at radius 2 is 1.97 bits per heavy atom. The molecular weight excluding hydrogens is 490 g/mol. The van der Waals surface area contributed by atoms with Crippen molar-refractivity contribution in [1.82, 2.24) is 15.2 Å². The molecule has 3 fully saturated rings. The predicted octanol–water partition coefficient (Wildman–Crippen LogP) is 6.64. The summed E-state index contributed by atoms with van der Waals surface area (Å²) in [5.41, 5.74) is 2.38. The number of methoxy groups -OCH3 is 1. The third-order valence-electron chi connectivity index (χ3n) is 9.72. The van der Waals surface area contributed by atoms with Gasteiger partial charge in [0, 0.05) is 43.1 Å². The molecule has 3 aliphatic rings. The van der Waals surface area contributed by atoms with Gasteiger partial charge in [0.15, 0.2) is 0 Å². The number of nitrogens with one attached hydrogen (secondary N) is 1. The van der Waals surface area contributed by atoms with Gasteiger partial charge < -0.3 is 15.0 Å². The Morgan fingerprint density at radius 3 is 2.68 bits per heavy atom. The molecule has 1 aliphatic carbocycles. The zero-order valence-corrected chi connectivity index (χ0v) is 24.7. The van der Waals surface area contributed by atoms with E-state index in [1.165, 1.54) is 48.2 Å². The number of aromatic nitrogens is 1. The van der Waals surface area contributed by atoms with Crippen molar-refractivity contribution in [2.45, 2.75) is 102 Å². The third-order valence-corrected chi connectivity index (χ3v) is 11.3. The highest BCUT2D eigenvalue weighted by atomic mass is 32.1. The summed E-state index contributed by atoms with van der Waals surface area (Å²) in [6.07, 6.45) is 10.6. The quantitative estimate of drug-likeness (QED) is 0.410. The van der Waals surface area contributed by atoms with Crippen LogP contribution < -0.4 is 5.32 Å². The molecule has 1 saturated carbocycles. The van der Waals surface area contributed by atoms with Gasteiger partial charge in [0.1, 0.15) is 11.1 Å². The highest BCUT2D eigenvalue weighted by molar-refractivity contribution is 7.12. The fraction of sp³-hybridized carbons (Fsp3) is 0.688. The van der Waals surface area contributed by atoms with E-state index in [-0.39, 0.29) is 17.4 Å². The third kappa shape index (κ3) is 5.46. The SMILES string of the molecule is CCCc1nc(C(C)OC)sc1C1(C)CNCC1C(=O)N1CCC(c2ccccc2)CC1C1CCCCC1. The lowest BCUT2D eigenvalue weighted by Gasteiger charge is -2.46. The molecule has 3 heterocycles. The minimum absolute atomic E-state index is 0.0239. The van der Waals surface area contributed by atoms with E-state index in [1.807, 2.05) is 0 Å². The van der Waals surface area contributed by atoms with Gasteiger partial charge >= 0.3 is 0 Å². The molecule has 5 nitrogen and oxygen atoms in total. The number of likely N-dealkylation sites (tertiary alicyclic amines) is 1. The summed E-state index contributed by atoms with van der Waals surface area (Å²) in [7, 11) is 1.75. The smallest absolute Gasteiger partial charge is 0.228 e. The highest BCUT2D eigenvalue weighted by Gasteiger charge is 2.50. The van der Waals surface area contributed by atoms with Gasteiger partial charge in [-0.15, -0.1) is 11.3 Å². The number of carbonyl (C=O) groups excluding carboxylic acids is 1. The van der Waals surface area contributed by atoms with E-state index in [1.54, 1.807) is 18.4 Å². The molecule has 0 bridgehead atoms. The Balaban J connectivity index is 1.43. The van der Waals surface area contributed by atoms with E-state index in [0.29, 0.717) is 23.8 Å². The van der Waals surface area contributed by atoms with Crippen LogP contribution in [0.2, 0.25) is 0 Å². The standard InChI is InChI=1S/C32H47N3O2S/c1-5-12-27-29(38-30(34-27)22(2)37-4)32(3)21-33-20-26(32)31(36)35-18-17-25(23-13-8-6-9-14-23)19-28(35)24-15-10-7-11-16-24/h6,8-9,13-14,22,24-26,28,33H,5,7,10-12,15-21H2,1-4H3. The molecule has 38 heavy (non-hydrogen) atoms. The molecule has 1 N–H and O–H groups in total. The first-order chi connectivity index (χ1) is 18.5. The van der Waals surface area contributed by atoms with Gasteiger partial charge in [-0.1, -0.05) is 69.9 Å². The van der Waals surface area contributed by atoms with Crippen molar-refractivity contribution in [3.05, 3.63) is 51.5 Å². The van der Waals surface area contributed by atoms with Crippen LogP contribution in [0.5, 0.6) is 0 Å². The molecule has 2 aliphatic heterocycles. The molecule has 0 radical (unpaired) electrons. The van der Waals surface area contributed by atoms with Crippen molar-refractivity contribution in [1.29, 1.82) is 0 Å². The van der Waals surface area contributed by atoms with Crippen LogP contribution >= 0.6 is 11.3 Å². The van der Waals surface area contributed by atoms with Gasteiger partial charge in [-0.05, 0) is 56.4 Å². The Morgan fingerprint density at radius 1 is 1.21 bits per heavy atom. The summed E-state index contributed by atoms with van der Waals surface area (Å²) >= 11 is 1.78. The monoisotopic (exact) mass is 537 g/mol. The van der Waals surface area contributed by atoms with Gasteiger partial charge in [-0.2, -0.15) is 0 Å².